The number of hydrogen-bond acceptors (Lipinski definition) is 2. The van der Waals surface area contributed by atoms with Gasteiger partial charge < -0.3 is 9.88 Å². The van der Waals surface area contributed by atoms with Crippen LogP contribution in [0.2, 0.25) is 0 Å². The second-order valence-corrected chi connectivity index (χ2v) is 7.72. The summed E-state index contributed by atoms with van der Waals surface area (Å²) in [4.78, 5) is 20.1. The van der Waals surface area contributed by atoms with Crippen molar-refractivity contribution < 1.29 is 9.18 Å². The number of aromatic amines is 1. The fourth-order valence-corrected chi connectivity index (χ4v) is 4.08. The molecule has 0 saturated heterocycles. The average Bonchev–Trinajstić information content (AvgIpc) is 3.17. The molecule has 1 aromatic heterocycles. The third kappa shape index (κ3) is 4.10. The van der Waals surface area contributed by atoms with Gasteiger partial charge in [-0.3, -0.25) is 9.69 Å². The number of H-pyrrole nitrogens is 1. The first-order chi connectivity index (χ1) is 14.0. The van der Waals surface area contributed by atoms with Gasteiger partial charge in [0.2, 0.25) is 5.91 Å². The molecule has 1 aliphatic rings. The molecule has 150 valence electrons. The van der Waals surface area contributed by atoms with Crippen LogP contribution in [-0.2, 0) is 11.3 Å². The number of hydrogen-bond donors (Lipinski definition) is 1. The molecule has 0 radical (unpaired) electrons. The topological polar surface area (TPSA) is 39.3 Å². The van der Waals surface area contributed by atoms with Gasteiger partial charge in [0.15, 0.2) is 0 Å². The summed E-state index contributed by atoms with van der Waals surface area (Å²) in [6, 6.07) is 14.5. The van der Waals surface area contributed by atoms with Gasteiger partial charge in [0.25, 0.3) is 0 Å². The van der Waals surface area contributed by atoms with Crippen molar-refractivity contribution in [3.63, 3.8) is 0 Å². The minimum atomic E-state index is -0.276. The molecule has 1 amide bonds. The van der Waals surface area contributed by atoms with Gasteiger partial charge in [0, 0.05) is 49.3 Å². The summed E-state index contributed by atoms with van der Waals surface area (Å²) in [7, 11) is 1.78. The van der Waals surface area contributed by atoms with Crippen molar-refractivity contribution in [1.82, 2.24) is 14.8 Å². The minimum absolute atomic E-state index is 0.0539. The number of nitrogens with zero attached hydrogens (tertiary/aromatic N) is 2. The van der Waals surface area contributed by atoms with Gasteiger partial charge >= 0.3 is 0 Å². The first-order valence-electron chi connectivity index (χ1n) is 10.0. The second-order valence-electron chi connectivity index (χ2n) is 7.72. The number of carbonyl (C=O) groups excluding carboxylic acids is 1. The zero-order valence-corrected chi connectivity index (χ0v) is 16.9. The third-order valence-corrected chi connectivity index (χ3v) is 5.77. The van der Waals surface area contributed by atoms with Crippen molar-refractivity contribution in [2.24, 2.45) is 0 Å². The van der Waals surface area contributed by atoms with Gasteiger partial charge in [-0.05, 0) is 42.7 Å². The van der Waals surface area contributed by atoms with E-state index >= 15 is 0 Å². The monoisotopic (exact) mass is 391 g/mol. The SMILES string of the molecule is CC(C(=O)N(C)Cc1cccc(F)c1)N1CC=C(c2c[nH]c3ccccc23)CC1. The van der Waals surface area contributed by atoms with E-state index in [2.05, 4.69) is 40.4 Å². The van der Waals surface area contributed by atoms with Crippen LogP contribution < -0.4 is 0 Å². The summed E-state index contributed by atoms with van der Waals surface area (Å²) >= 11 is 0. The van der Waals surface area contributed by atoms with Crippen LogP contribution in [0.1, 0.15) is 24.5 Å². The largest absolute Gasteiger partial charge is 0.361 e. The number of rotatable bonds is 5. The standard InChI is InChI=1S/C24H26FN3O/c1-17(24(29)27(2)16-18-6-5-7-20(25)14-18)28-12-10-19(11-13-28)22-15-26-23-9-4-3-8-21(22)23/h3-10,14-15,17,26H,11-13,16H2,1-2H3. The van der Waals surface area contributed by atoms with Crippen LogP contribution in [0, 0.1) is 5.82 Å². The number of benzene rings is 2. The Morgan fingerprint density at radius 3 is 2.83 bits per heavy atom. The number of carbonyl (C=O) groups is 1. The first-order valence-corrected chi connectivity index (χ1v) is 10.0. The average molecular weight is 391 g/mol. The Bertz CT molecular complexity index is 1050. The van der Waals surface area contributed by atoms with Gasteiger partial charge in [0.05, 0.1) is 6.04 Å². The van der Waals surface area contributed by atoms with Crippen LogP contribution >= 0.6 is 0 Å². The van der Waals surface area contributed by atoms with E-state index in [1.165, 1.54) is 28.7 Å². The number of amides is 1. The minimum Gasteiger partial charge on any atom is -0.361 e. The predicted molar refractivity (Wildman–Crippen MR) is 115 cm³/mol. The zero-order chi connectivity index (χ0) is 20.4. The lowest BCUT2D eigenvalue weighted by Crippen LogP contribution is -2.47. The summed E-state index contributed by atoms with van der Waals surface area (Å²) in [6.07, 6.45) is 5.22. The Morgan fingerprint density at radius 2 is 2.07 bits per heavy atom. The van der Waals surface area contributed by atoms with E-state index in [0.29, 0.717) is 6.54 Å². The number of nitrogens with one attached hydrogen (secondary N) is 1. The van der Waals surface area contributed by atoms with E-state index in [4.69, 9.17) is 0 Å². The molecular formula is C24H26FN3O. The van der Waals surface area contributed by atoms with Crippen LogP contribution in [0.15, 0.2) is 60.8 Å². The van der Waals surface area contributed by atoms with E-state index in [-0.39, 0.29) is 17.8 Å². The highest BCUT2D eigenvalue weighted by molar-refractivity contribution is 5.92. The Hall–Kier alpha value is -2.92. The number of aromatic nitrogens is 1. The maximum atomic E-state index is 13.4. The molecule has 0 saturated carbocycles. The Balaban J connectivity index is 1.41. The molecule has 1 aliphatic heterocycles. The molecule has 1 unspecified atom stereocenters. The summed E-state index contributed by atoms with van der Waals surface area (Å²) in [5, 5.41) is 1.24. The molecule has 2 aromatic carbocycles. The van der Waals surface area contributed by atoms with Gasteiger partial charge in [-0.2, -0.15) is 0 Å². The molecule has 29 heavy (non-hydrogen) atoms. The second kappa shape index (κ2) is 8.21. The van der Waals surface area contributed by atoms with E-state index in [1.807, 2.05) is 19.1 Å². The first kappa shape index (κ1) is 19.4. The van der Waals surface area contributed by atoms with Gasteiger partial charge in [-0.1, -0.05) is 36.4 Å². The quantitative estimate of drug-likeness (QED) is 0.698. The Kier molecular flexibility index (Phi) is 5.49. The Labute approximate surface area is 170 Å². The van der Waals surface area contributed by atoms with E-state index in [1.54, 1.807) is 18.0 Å². The molecule has 4 nitrogen and oxygen atoms in total. The molecule has 2 heterocycles. The van der Waals surface area contributed by atoms with Crippen molar-refractivity contribution in [3.8, 4) is 0 Å². The lowest BCUT2D eigenvalue weighted by Gasteiger charge is -2.33. The van der Waals surface area contributed by atoms with E-state index < -0.39 is 0 Å². The fourth-order valence-electron chi connectivity index (χ4n) is 4.08. The maximum Gasteiger partial charge on any atom is 0.239 e. The summed E-state index contributed by atoms with van der Waals surface area (Å²) in [5.41, 5.74) is 4.52. The number of halogens is 1. The molecule has 0 bridgehead atoms. The molecule has 1 N–H and O–H groups in total. The zero-order valence-electron chi connectivity index (χ0n) is 16.9. The Morgan fingerprint density at radius 1 is 1.24 bits per heavy atom. The fraction of sp³-hybridized carbons (Fsp3) is 0.292. The highest BCUT2D eigenvalue weighted by Crippen LogP contribution is 2.29. The van der Waals surface area contributed by atoms with Crippen molar-refractivity contribution in [2.45, 2.75) is 25.9 Å². The van der Waals surface area contributed by atoms with Gasteiger partial charge in [0.1, 0.15) is 5.82 Å². The lowest BCUT2D eigenvalue weighted by molar-refractivity contribution is -0.135. The van der Waals surface area contributed by atoms with Gasteiger partial charge in [-0.25, -0.2) is 4.39 Å². The maximum absolute atomic E-state index is 13.4. The number of likely N-dealkylation sites (N-methyl/N-ethyl adjacent to an activating group) is 1. The third-order valence-electron chi connectivity index (χ3n) is 5.77. The normalized spacial score (nSPS) is 15.9. The lowest BCUT2D eigenvalue weighted by atomic mass is 9.98. The summed E-state index contributed by atoms with van der Waals surface area (Å²) in [5.74, 6) is -0.222. The molecule has 5 heteroatoms. The van der Waals surface area contributed by atoms with Crippen molar-refractivity contribution in [2.75, 3.05) is 20.1 Å². The van der Waals surface area contributed by atoms with Crippen LogP contribution in [0.3, 0.4) is 0 Å². The molecular weight excluding hydrogens is 365 g/mol. The van der Waals surface area contributed by atoms with Crippen molar-refractivity contribution in [1.29, 1.82) is 0 Å². The van der Waals surface area contributed by atoms with Crippen molar-refractivity contribution >= 4 is 22.4 Å². The molecule has 0 fully saturated rings. The molecule has 1 atom stereocenters. The van der Waals surface area contributed by atoms with E-state index in [0.717, 1.165) is 30.6 Å². The molecule has 0 spiro atoms. The predicted octanol–water partition coefficient (Wildman–Crippen LogP) is 4.44. The summed E-state index contributed by atoms with van der Waals surface area (Å²) in [6.45, 7) is 3.95. The smallest absolute Gasteiger partial charge is 0.239 e. The molecule has 3 aromatic rings. The van der Waals surface area contributed by atoms with Gasteiger partial charge in [-0.15, -0.1) is 0 Å². The van der Waals surface area contributed by atoms with Crippen molar-refractivity contribution in [3.05, 3.63) is 77.7 Å². The highest BCUT2D eigenvalue weighted by Gasteiger charge is 2.26. The highest BCUT2D eigenvalue weighted by atomic mass is 19.1. The van der Waals surface area contributed by atoms with E-state index in [9.17, 15) is 9.18 Å². The van der Waals surface area contributed by atoms with Crippen LogP contribution in [-0.4, -0.2) is 46.9 Å². The molecule has 4 rings (SSSR count). The number of para-hydroxylation sites is 1. The molecule has 0 aliphatic carbocycles. The van der Waals surface area contributed by atoms with Crippen LogP contribution in [0.4, 0.5) is 4.39 Å². The summed E-state index contributed by atoms with van der Waals surface area (Å²) < 4.78 is 13.4. The van der Waals surface area contributed by atoms with Crippen LogP contribution in [0.25, 0.3) is 16.5 Å². The van der Waals surface area contributed by atoms with Crippen LogP contribution in [0.5, 0.6) is 0 Å². The number of fused-ring (bicyclic) bond motifs is 1.